The molecule has 0 aliphatic carbocycles. The Morgan fingerprint density at radius 1 is 0.648 bits per heavy atom. The Balaban J connectivity index is 3.10. The zero-order valence-corrected chi connectivity index (χ0v) is 31.5. The average Bonchev–Trinajstić information content (AvgIpc) is 3.12. The van der Waals surface area contributed by atoms with E-state index >= 15 is 0 Å². The average molecular weight is 764 g/mol. The fraction of sp³-hybridized carbons (Fsp3) is 0.600. The molecule has 0 fully saturated rings. The first kappa shape index (κ1) is 46.9. The summed E-state index contributed by atoms with van der Waals surface area (Å²) >= 11 is 0. The molecule has 0 unspecified atom stereocenters. The second-order valence-electron chi connectivity index (χ2n) is 13.4. The lowest BCUT2D eigenvalue weighted by Crippen LogP contribution is -2.60. The van der Waals surface area contributed by atoms with Crippen LogP contribution in [0.25, 0.3) is 0 Å². The summed E-state index contributed by atoms with van der Waals surface area (Å²) in [5.41, 5.74) is 11.5. The second-order valence-corrected chi connectivity index (χ2v) is 13.4. The van der Waals surface area contributed by atoms with Crippen molar-refractivity contribution >= 4 is 47.6 Å². The molecule has 1 rings (SSSR count). The monoisotopic (exact) mass is 763 g/mol. The number of unbranched alkanes of at least 4 members (excludes halogenated alkanes) is 1. The van der Waals surface area contributed by atoms with E-state index in [1.54, 1.807) is 0 Å². The molecule has 302 valence electrons. The predicted molar refractivity (Wildman–Crippen MR) is 197 cm³/mol. The zero-order valence-electron chi connectivity index (χ0n) is 31.5. The Morgan fingerprint density at radius 3 is 1.67 bits per heavy atom. The number of phenolic OH excluding ortho intramolecular Hbond substituents is 1. The molecule has 7 atom stereocenters. The van der Waals surface area contributed by atoms with Gasteiger partial charge in [0, 0.05) is 6.42 Å². The fourth-order valence-corrected chi connectivity index (χ4v) is 4.97. The van der Waals surface area contributed by atoms with E-state index in [2.05, 4.69) is 37.2 Å². The number of hydrogen-bond acceptors (Lipinski definition) is 12. The van der Waals surface area contributed by atoms with Gasteiger partial charge in [-0.05, 0) is 76.6 Å². The summed E-state index contributed by atoms with van der Waals surface area (Å²) in [6.45, 7) is 6.90. The molecule has 19 nitrogen and oxygen atoms in total. The number of carbonyl (C=O) groups excluding carboxylic acids is 8. The van der Waals surface area contributed by atoms with Crippen LogP contribution in [0, 0.1) is 5.92 Å². The molecule has 0 aromatic heterocycles. The third-order valence-corrected chi connectivity index (χ3v) is 8.03. The van der Waals surface area contributed by atoms with Crippen LogP contribution in [0.4, 0.5) is 0 Å². The topological polar surface area (TPSA) is 313 Å². The normalized spacial score (nSPS) is 14.8. The van der Waals surface area contributed by atoms with Crippen molar-refractivity contribution in [2.24, 2.45) is 17.4 Å². The highest BCUT2D eigenvalue weighted by Gasteiger charge is 2.32. The van der Waals surface area contributed by atoms with E-state index < -0.39 is 90.3 Å². The highest BCUT2D eigenvalue weighted by molar-refractivity contribution is 5.97. The van der Waals surface area contributed by atoms with Crippen molar-refractivity contribution < 1.29 is 48.6 Å². The lowest BCUT2D eigenvalue weighted by molar-refractivity contribution is -0.135. The predicted octanol–water partition coefficient (Wildman–Crippen LogP) is -3.29. The number of aromatic hydroxyl groups is 1. The summed E-state index contributed by atoms with van der Waals surface area (Å²) in [6.07, 6.45) is 1.71. The molecule has 0 radical (unpaired) electrons. The van der Waals surface area contributed by atoms with Crippen molar-refractivity contribution in [3.05, 3.63) is 29.8 Å². The quantitative estimate of drug-likeness (QED) is 0.0365. The number of carbonyl (C=O) groups is 8. The number of aliphatic hydroxyl groups is 1. The summed E-state index contributed by atoms with van der Waals surface area (Å²) in [5.74, 6) is -5.28. The van der Waals surface area contributed by atoms with E-state index in [0.29, 0.717) is 31.2 Å². The molecule has 13 N–H and O–H groups in total. The van der Waals surface area contributed by atoms with Crippen LogP contribution in [0.3, 0.4) is 0 Å². The van der Waals surface area contributed by atoms with Gasteiger partial charge in [-0.3, -0.25) is 33.6 Å². The standard InChI is InChI=1S/C35H57N9O10/c1-19(2)14-26(41-29(48)16-37)34(53)43-27(15-23-9-11-24(47)12-10-23)33(52)40-22(5)31(50)44-28(18-46)35(54)42-25(8-6-7-13-36)32(51)39-21(4)30(49)38-20(3)17-45/h9-12,17,19-22,25-28,46-47H,6-8,13-16,18,36-37H2,1-5H3,(H,38,49)(H,39,51)(H,40,52)(H,41,48)(H,42,54)(H,43,53)(H,44,50)/t20-,21-,22-,25-,26-,27-,28-/m0/s1. The van der Waals surface area contributed by atoms with E-state index in [1.807, 2.05) is 13.8 Å². The van der Waals surface area contributed by atoms with Crippen molar-refractivity contribution in [1.29, 1.82) is 0 Å². The van der Waals surface area contributed by atoms with E-state index in [4.69, 9.17) is 11.5 Å². The van der Waals surface area contributed by atoms with Gasteiger partial charge in [0.2, 0.25) is 41.4 Å². The van der Waals surface area contributed by atoms with Gasteiger partial charge in [-0.2, -0.15) is 0 Å². The number of aliphatic hydroxyl groups excluding tert-OH is 1. The molecule has 54 heavy (non-hydrogen) atoms. The van der Waals surface area contributed by atoms with Crippen LogP contribution < -0.4 is 48.7 Å². The maximum absolute atomic E-state index is 13.5. The second kappa shape index (κ2) is 24.2. The number of rotatable bonds is 24. The fourth-order valence-electron chi connectivity index (χ4n) is 4.97. The highest BCUT2D eigenvalue weighted by atomic mass is 16.3. The summed E-state index contributed by atoms with van der Waals surface area (Å²) in [7, 11) is 0. The van der Waals surface area contributed by atoms with E-state index in [-0.39, 0.29) is 37.5 Å². The van der Waals surface area contributed by atoms with Crippen molar-refractivity contribution in [2.45, 2.75) is 109 Å². The number of hydrogen-bond donors (Lipinski definition) is 11. The molecule has 0 aliphatic rings. The number of aldehydes is 1. The molecule has 0 bridgehead atoms. The summed E-state index contributed by atoms with van der Waals surface area (Å²) in [4.78, 5) is 102. The Labute approximate surface area is 314 Å². The maximum atomic E-state index is 13.5. The minimum atomic E-state index is -1.56. The molecule has 0 saturated heterocycles. The van der Waals surface area contributed by atoms with Crippen LogP contribution in [-0.2, 0) is 44.8 Å². The third-order valence-electron chi connectivity index (χ3n) is 8.03. The first-order valence-corrected chi connectivity index (χ1v) is 17.8. The molecule has 7 amide bonds. The zero-order chi connectivity index (χ0) is 41.0. The van der Waals surface area contributed by atoms with Crippen molar-refractivity contribution in [3.8, 4) is 5.75 Å². The van der Waals surface area contributed by atoms with Crippen LogP contribution >= 0.6 is 0 Å². The number of phenols is 1. The maximum Gasteiger partial charge on any atom is 0.245 e. The van der Waals surface area contributed by atoms with Crippen molar-refractivity contribution in [1.82, 2.24) is 37.2 Å². The van der Waals surface area contributed by atoms with Crippen LogP contribution in [0.15, 0.2) is 24.3 Å². The minimum absolute atomic E-state index is 0.0209. The van der Waals surface area contributed by atoms with E-state index in [0.717, 1.165) is 0 Å². The first-order chi connectivity index (χ1) is 25.4. The molecule has 19 heteroatoms. The Hall–Kier alpha value is -5.14. The lowest BCUT2D eigenvalue weighted by atomic mass is 10.0. The largest absolute Gasteiger partial charge is 0.508 e. The van der Waals surface area contributed by atoms with Gasteiger partial charge in [0.05, 0.1) is 19.2 Å². The molecule has 1 aromatic carbocycles. The molecule has 0 heterocycles. The highest BCUT2D eigenvalue weighted by Crippen LogP contribution is 2.13. The van der Waals surface area contributed by atoms with Gasteiger partial charge in [0.15, 0.2) is 0 Å². The summed E-state index contributed by atoms with van der Waals surface area (Å²) < 4.78 is 0. The SMILES string of the molecule is CC(C)C[C@H](NC(=O)CN)C(=O)N[C@@H](Cc1ccc(O)cc1)C(=O)N[C@@H](C)C(=O)N[C@@H](CO)C(=O)N[C@@H](CCCCN)C(=O)N[C@@H](C)C(=O)N[C@@H](C)C=O. The molecule has 0 aliphatic heterocycles. The Bertz CT molecular complexity index is 1430. The molecular formula is C35H57N9O10. The third kappa shape index (κ3) is 17.1. The van der Waals surface area contributed by atoms with Gasteiger partial charge in [-0.15, -0.1) is 0 Å². The van der Waals surface area contributed by atoms with Crippen LogP contribution in [0.5, 0.6) is 5.75 Å². The summed E-state index contributed by atoms with van der Waals surface area (Å²) in [6, 6.07) is -2.34. The van der Waals surface area contributed by atoms with Gasteiger partial charge < -0.3 is 63.7 Å². The Morgan fingerprint density at radius 2 is 1.15 bits per heavy atom. The van der Waals surface area contributed by atoms with E-state index in [1.165, 1.54) is 45.0 Å². The number of nitrogens with one attached hydrogen (secondary N) is 7. The smallest absolute Gasteiger partial charge is 0.245 e. The molecule has 0 spiro atoms. The molecule has 0 saturated carbocycles. The van der Waals surface area contributed by atoms with Crippen LogP contribution in [0.1, 0.15) is 65.9 Å². The lowest BCUT2D eigenvalue weighted by Gasteiger charge is -2.26. The van der Waals surface area contributed by atoms with Crippen molar-refractivity contribution in [3.63, 3.8) is 0 Å². The van der Waals surface area contributed by atoms with E-state index in [9.17, 15) is 48.6 Å². The molecular weight excluding hydrogens is 706 g/mol. The van der Waals surface area contributed by atoms with Crippen LogP contribution in [-0.4, -0.2) is 120 Å². The van der Waals surface area contributed by atoms with Crippen molar-refractivity contribution in [2.75, 3.05) is 19.7 Å². The number of benzene rings is 1. The van der Waals surface area contributed by atoms with Gasteiger partial charge in [-0.25, -0.2) is 0 Å². The number of nitrogens with two attached hydrogens (primary N) is 2. The number of amides is 7. The first-order valence-electron chi connectivity index (χ1n) is 17.8. The van der Waals surface area contributed by atoms with Gasteiger partial charge >= 0.3 is 0 Å². The summed E-state index contributed by atoms with van der Waals surface area (Å²) in [5, 5.41) is 37.0. The Kier molecular flexibility index (Phi) is 21.0. The molecule has 1 aromatic rings. The van der Waals surface area contributed by atoms with Crippen LogP contribution in [0.2, 0.25) is 0 Å². The van der Waals surface area contributed by atoms with Gasteiger partial charge in [0.1, 0.15) is 48.3 Å². The van der Waals surface area contributed by atoms with Gasteiger partial charge in [-0.1, -0.05) is 26.0 Å². The minimum Gasteiger partial charge on any atom is -0.508 e. The van der Waals surface area contributed by atoms with Gasteiger partial charge in [0.25, 0.3) is 0 Å².